The third-order valence-electron chi connectivity index (χ3n) is 2.58. The number of aliphatic hydroxyl groups is 1. The van der Waals surface area contributed by atoms with Gasteiger partial charge in [-0.25, -0.2) is 8.78 Å². The van der Waals surface area contributed by atoms with E-state index in [9.17, 15) is 13.9 Å². The Morgan fingerprint density at radius 1 is 1.16 bits per heavy atom. The van der Waals surface area contributed by atoms with Gasteiger partial charge < -0.3 is 9.84 Å². The predicted molar refractivity (Wildman–Crippen MR) is 68.5 cm³/mol. The van der Waals surface area contributed by atoms with Crippen LogP contribution in [0.2, 0.25) is 5.02 Å². The van der Waals surface area contributed by atoms with Gasteiger partial charge in [0.15, 0.2) is 23.1 Å². The SMILES string of the molecule is C[C@@H](O)c1cccc(F)c1Oc1cccc(Cl)c1F. The van der Waals surface area contributed by atoms with Crippen molar-refractivity contribution in [1.29, 1.82) is 0 Å². The molecule has 5 heteroatoms. The quantitative estimate of drug-likeness (QED) is 0.901. The van der Waals surface area contributed by atoms with Crippen LogP contribution in [0.25, 0.3) is 0 Å². The van der Waals surface area contributed by atoms with Crippen LogP contribution in [-0.2, 0) is 0 Å². The molecule has 2 nitrogen and oxygen atoms in total. The van der Waals surface area contributed by atoms with Gasteiger partial charge in [-0.3, -0.25) is 0 Å². The van der Waals surface area contributed by atoms with Gasteiger partial charge in [0.2, 0.25) is 0 Å². The monoisotopic (exact) mass is 284 g/mol. The van der Waals surface area contributed by atoms with Gasteiger partial charge in [-0.1, -0.05) is 29.8 Å². The lowest BCUT2D eigenvalue weighted by Gasteiger charge is -2.14. The number of aliphatic hydroxyl groups excluding tert-OH is 1. The van der Waals surface area contributed by atoms with Gasteiger partial charge in [0.1, 0.15) is 0 Å². The molecule has 0 unspecified atom stereocenters. The van der Waals surface area contributed by atoms with Crippen molar-refractivity contribution in [2.75, 3.05) is 0 Å². The Morgan fingerprint density at radius 2 is 1.84 bits per heavy atom. The molecule has 0 saturated heterocycles. The van der Waals surface area contributed by atoms with Gasteiger partial charge in [-0.05, 0) is 25.1 Å². The van der Waals surface area contributed by atoms with E-state index < -0.39 is 17.7 Å². The molecule has 0 aliphatic heterocycles. The van der Waals surface area contributed by atoms with Gasteiger partial charge >= 0.3 is 0 Å². The average molecular weight is 285 g/mol. The lowest BCUT2D eigenvalue weighted by molar-refractivity contribution is 0.194. The summed E-state index contributed by atoms with van der Waals surface area (Å²) in [4.78, 5) is 0. The molecule has 19 heavy (non-hydrogen) atoms. The molecular formula is C14H11ClF2O2. The van der Waals surface area contributed by atoms with Crippen LogP contribution in [0.5, 0.6) is 11.5 Å². The first-order chi connectivity index (χ1) is 9.00. The molecule has 0 spiro atoms. The Labute approximate surface area is 114 Å². The molecular weight excluding hydrogens is 274 g/mol. The minimum atomic E-state index is -0.937. The van der Waals surface area contributed by atoms with Crippen LogP contribution in [-0.4, -0.2) is 5.11 Å². The number of hydrogen-bond acceptors (Lipinski definition) is 2. The number of ether oxygens (including phenoxy) is 1. The second-order valence-corrected chi connectivity index (χ2v) is 4.40. The van der Waals surface area contributed by atoms with E-state index in [0.29, 0.717) is 0 Å². The van der Waals surface area contributed by atoms with Gasteiger partial charge in [-0.15, -0.1) is 0 Å². The fraction of sp³-hybridized carbons (Fsp3) is 0.143. The standard InChI is InChI=1S/C14H11ClF2O2/c1-8(18)9-4-2-6-11(16)14(9)19-12-7-3-5-10(15)13(12)17/h2-8,18H,1H3/t8-/m1/s1. The van der Waals surface area contributed by atoms with Crippen LogP contribution in [0.1, 0.15) is 18.6 Å². The molecule has 1 atom stereocenters. The predicted octanol–water partition coefficient (Wildman–Crippen LogP) is 4.46. The van der Waals surface area contributed by atoms with Crippen molar-refractivity contribution in [3.05, 3.63) is 58.6 Å². The van der Waals surface area contributed by atoms with E-state index in [0.717, 1.165) is 0 Å². The second kappa shape index (κ2) is 5.55. The van der Waals surface area contributed by atoms with Crippen molar-refractivity contribution in [2.45, 2.75) is 13.0 Å². The third kappa shape index (κ3) is 2.85. The van der Waals surface area contributed by atoms with Gasteiger partial charge in [0.05, 0.1) is 11.1 Å². The summed E-state index contributed by atoms with van der Waals surface area (Å²) >= 11 is 5.62. The lowest BCUT2D eigenvalue weighted by Crippen LogP contribution is -1.99. The zero-order chi connectivity index (χ0) is 14.0. The highest BCUT2D eigenvalue weighted by atomic mass is 35.5. The van der Waals surface area contributed by atoms with Crippen molar-refractivity contribution in [3.63, 3.8) is 0 Å². The Hall–Kier alpha value is -1.65. The Morgan fingerprint density at radius 3 is 2.53 bits per heavy atom. The number of para-hydroxylation sites is 1. The average Bonchev–Trinajstić information content (AvgIpc) is 2.36. The molecule has 0 fully saturated rings. The third-order valence-corrected chi connectivity index (χ3v) is 2.87. The van der Waals surface area contributed by atoms with Crippen molar-refractivity contribution < 1.29 is 18.6 Å². The highest BCUT2D eigenvalue weighted by Gasteiger charge is 2.17. The summed E-state index contributed by atoms with van der Waals surface area (Å²) in [7, 11) is 0. The Balaban J connectivity index is 2.46. The fourth-order valence-electron chi connectivity index (χ4n) is 1.63. The van der Waals surface area contributed by atoms with Crippen molar-refractivity contribution >= 4 is 11.6 Å². The molecule has 0 aliphatic rings. The van der Waals surface area contributed by atoms with Crippen molar-refractivity contribution in [1.82, 2.24) is 0 Å². The first kappa shape index (κ1) is 13.8. The van der Waals surface area contributed by atoms with E-state index in [2.05, 4.69) is 0 Å². The Bertz CT molecular complexity index is 600. The first-order valence-electron chi connectivity index (χ1n) is 5.59. The Kier molecular flexibility index (Phi) is 4.02. The summed E-state index contributed by atoms with van der Waals surface area (Å²) < 4.78 is 32.7. The maximum Gasteiger partial charge on any atom is 0.184 e. The molecule has 0 saturated carbocycles. The van der Waals surface area contributed by atoms with Crippen LogP contribution in [0.3, 0.4) is 0 Å². The van der Waals surface area contributed by atoms with Crippen LogP contribution in [0.15, 0.2) is 36.4 Å². The second-order valence-electron chi connectivity index (χ2n) is 3.99. The molecule has 2 aromatic rings. The highest BCUT2D eigenvalue weighted by Crippen LogP contribution is 2.34. The highest BCUT2D eigenvalue weighted by molar-refractivity contribution is 6.30. The van der Waals surface area contributed by atoms with E-state index in [1.165, 1.54) is 43.3 Å². The van der Waals surface area contributed by atoms with Crippen molar-refractivity contribution in [2.24, 2.45) is 0 Å². The molecule has 2 aromatic carbocycles. The normalized spacial score (nSPS) is 12.3. The topological polar surface area (TPSA) is 29.5 Å². The summed E-state index contributed by atoms with van der Waals surface area (Å²) in [6.45, 7) is 1.47. The zero-order valence-electron chi connectivity index (χ0n) is 10.0. The maximum atomic E-state index is 13.7. The first-order valence-corrected chi connectivity index (χ1v) is 5.97. The lowest BCUT2D eigenvalue weighted by atomic mass is 10.1. The molecule has 0 heterocycles. The number of rotatable bonds is 3. The van der Waals surface area contributed by atoms with Gasteiger partial charge in [0, 0.05) is 5.56 Å². The van der Waals surface area contributed by atoms with E-state index in [1.54, 1.807) is 0 Å². The molecule has 2 rings (SSSR count). The van der Waals surface area contributed by atoms with Gasteiger partial charge in [0.25, 0.3) is 0 Å². The molecule has 0 aliphatic carbocycles. The molecule has 1 N–H and O–H groups in total. The summed E-state index contributed by atoms with van der Waals surface area (Å²) in [5.74, 6) is -1.86. The molecule has 0 radical (unpaired) electrons. The largest absolute Gasteiger partial charge is 0.451 e. The summed E-state index contributed by atoms with van der Waals surface area (Å²) in [5, 5.41) is 9.45. The molecule has 0 bridgehead atoms. The van der Waals surface area contributed by atoms with Gasteiger partial charge in [-0.2, -0.15) is 0 Å². The smallest absolute Gasteiger partial charge is 0.184 e. The number of halogens is 3. The summed E-state index contributed by atoms with van der Waals surface area (Å²) in [6.07, 6.45) is -0.937. The summed E-state index contributed by atoms with van der Waals surface area (Å²) in [5.41, 5.74) is 0.236. The van der Waals surface area contributed by atoms with Crippen LogP contribution in [0.4, 0.5) is 8.78 Å². The minimum Gasteiger partial charge on any atom is -0.451 e. The fourth-order valence-corrected chi connectivity index (χ4v) is 1.80. The van der Waals surface area contributed by atoms with Crippen molar-refractivity contribution in [3.8, 4) is 11.5 Å². The molecule has 0 amide bonds. The maximum absolute atomic E-state index is 13.7. The van der Waals surface area contributed by atoms with Crippen LogP contribution >= 0.6 is 11.6 Å². The van der Waals surface area contributed by atoms with E-state index >= 15 is 0 Å². The van der Waals surface area contributed by atoms with E-state index in [1.807, 2.05) is 0 Å². The van der Waals surface area contributed by atoms with E-state index in [4.69, 9.17) is 16.3 Å². The minimum absolute atomic E-state index is 0.118. The van der Waals surface area contributed by atoms with E-state index in [-0.39, 0.29) is 22.1 Å². The molecule has 100 valence electrons. The number of benzene rings is 2. The molecule has 0 aromatic heterocycles. The van der Waals surface area contributed by atoms with Crippen LogP contribution < -0.4 is 4.74 Å². The number of hydrogen-bond donors (Lipinski definition) is 1. The van der Waals surface area contributed by atoms with Crippen LogP contribution in [0, 0.1) is 11.6 Å². The zero-order valence-corrected chi connectivity index (χ0v) is 10.8. The summed E-state index contributed by atoms with van der Waals surface area (Å²) in [6, 6.07) is 8.30.